The average Bonchev–Trinajstić information content (AvgIpc) is 2.75. The summed E-state index contributed by atoms with van der Waals surface area (Å²) in [7, 11) is 1.95. The van der Waals surface area contributed by atoms with Gasteiger partial charge in [0.2, 0.25) is 11.8 Å². The first-order chi connectivity index (χ1) is 9.97. The van der Waals surface area contributed by atoms with Crippen molar-refractivity contribution in [2.24, 2.45) is 22.9 Å². The van der Waals surface area contributed by atoms with E-state index >= 15 is 0 Å². The van der Waals surface area contributed by atoms with Crippen molar-refractivity contribution >= 4 is 17.5 Å². The Bertz CT molecular complexity index is 574. The number of carbonyl (C=O) groups excluding carboxylic acids is 2. The molecule has 0 spiro atoms. The van der Waals surface area contributed by atoms with Gasteiger partial charge in [-0.15, -0.1) is 0 Å². The number of hydrogen-bond acceptors (Lipinski definition) is 4. The monoisotopic (exact) mass is 287 g/mol. The number of hydrogen-bond donors (Lipinski definition) is 1. The quantitative estimate of drug-likeness (QED) is 0.783. The molecular formula is C16H21N3O2. The summed E-state index contributed by atoms with van der Waals surface area (Å²) in [5.41, 5.74) is 2.20. The Morgan fingerprint density at radius 1 is 1.38 bits per heavy atom. The van der Waals surface area contributed by atoms with Crippen molar-refractivity contribution in [3.8, 4) is 0 Å². The van der Waals surface area contributed by atoms with Crippen molar-refractivity contribution in [2.75, 3.05) is 7.05 Å². The Hall–Kier alpha value is -1.91. The van der Waals surface area contributed by atoms with Gasteiger partial charge in [-0.25, -0.2) is 0 Å². The summed E-state index contributed by atoms with van der Waals surface area (Å²) in [6.07, 6.45) is 7.51. The Balaban J connectivity index is 1.84. The van der Waals surface area contributed by atoms with Crippen LogP contribution in [0, 0.1) is 17.8 Å². The van der Waals surface area contributed by atoms with Gasteiger partial charge < -0.3 is 0 Å². The average molecular weight is 287 g/mol. The first-order valence-corrected chi connectivity index (χ1v) is 7.52. The second kappa shape index (κ2) is 5.13. The van der Waals surface area contributed by atoms with Crippen LogP contribution in [0.15, 0.2) is 28.9 Å². The van der Waals surface area contributed by atoms with E-state index in [0.29, 0.717) is 18.8 Å². The highest BCUT2D eigenvalue weighted by atomic mass is 16.2. The zero-order chi connectivity index (χ0) is 15.1. The van der Waals surface area contributed by atoms with Gasteiger partial charge in [0.05, 0.1) is 17.7 Å². The Labute approximate surface area is 124 Å². The second-order valence-corrected chi connectivity index (χ2v) is 6.30. The van der Waals surface area contributed by atoms with Gasteiger partial charge in [0.25, 0.3) is 0 Å². The summed E-state index contributed by atoms with van der Waals surface area (Å²) >= 11 is 0. The summed E-state index contributed by atoms with van der Waals surface area (Å²) in [5.74, 6) is -0.0393. The fourth-order valence-corrected chi connectivity index (χ4v) is 3.28. The van der Waals surface area contributed by atoms with Crippen LogP contribution >= 0.6 is 0 Å². The maximum atomic E-state index is 12.1. The van der Waals surface area contributed by atoms with E-state index in [1.165, 1.54) is 5.57 Å². The molecule has 3 rings (SSSR count). The highest BCUT2D eigenvalue weighted by Gasteiger charge is 2.42. The third-order valence-corrected chi connectivity index (χ3v) is 4.54. The normalized spacial score (nSPS) is 32.0. The lowest BCUT2D eigenvalue weighted by molar-refractivity contribution is -0.134. The maximum Gasteiger partial charge on any atom is 0.235 e. The number of nitrogens with one attached hydrogen (secondary N) is 1. The number of imide groups is 1. The molecule has 3 unspecified atom stereocenters. The van der Waals surface area contributed by atoms with Crippen LogP contribution in [0.3, 0.4) is 0 Å². The van der Waals surface area contributed by atoms with E-state index in [1.807, 2.05) is 12.1 Å². The second-order valence-electron chi connectivity index (χ2n) is 6.30. The van der Waals surface area contributed by atoms with Crippen LogP contribution in [0.4, 0.5) is 0 Å². The van der Waals surface area contributed by atoms with E-state index in [-0.39, 0.29) is 29.7 Å². The number of allylic oxidation sites excluding steroid dienone is 2. The fourth-order valence-electron chi connectivity index (χ4n) is 3.28. The minimum atomic E-state index is -0.279. The summed E-state index contributed by atoms with van der Waals surface area (Å²) in [6, 6.07) is 0.188. The molecule has 1 saturated heterocycles. The molecule has 1 aliphatic carbocycles. The molecule has 2 amide bonds. The summed E-state index contributed by atoms with van der Waals surface area (Å²) in [4.78, 5) is 23.4. The van der Waals surface area contributed by atoms with Gasteiger partial charge in [0.1, 0.15) is 0 Å². The molecule has 21 heavy (non-hydrogen) atoms. The molecule has 0 aromatic heterocycles. The zero-order valence-corrected chi connectivity index (χ0v) is 12.7. The van der Waals surface area contributed by atoms with Crippen LogP contribution in [0.5, 0.6) is 0 Å². The number of carbonyl (C=O) groups is 2. The zero-order valence-electron chi connectivity index (χ0n) is 12.7. The van der Waals surface area contributed by atoms with Gasteiger partial charge in [0.15, 0.2) is 0 Å². The number of likely N-dealkylation sites (N-methyl/N-ethyl adjacent to an activating group) is 1. The van der Waals surface area contributed by atoms with Crippen molar-refractivity contribution in [3.05, 3.63) is 23.8 Å². The van der Waals surface area contributed by atoms with E-state index in [2.05, 4.69) is 42.5 Å². The van der Waals surface area contributed by atoms with Crippen LogP contribution in [-0.4, -0.2) is 35.6 Å². The lowest BCUT2D eigenvalue weighted by atomic mass is 9.79. The highest BCUT2D eigenvalue weighted by Crippen LogP contribution is 2.34. The van der Waals surface area contributed by atoms with Crippen molar-refractivity contribution in [2.45, 2.75) is 32.7 Å². The molecule has 1 N–H and O–H groups in total. The lowest BCUT2D eigenvalue weighted by Gasteiger charge is -2.28. The van der Waals surface area contributed by atoms with Gasteiger partial charge in [0, 0.05) is 19.4 Å². The third-order valence-electron chi connectivity index (χ3n) is 4.54. The fraction of sp³-hybridized carbons (Fsp3) is 0.562. The number of piperidine rings is 1. The van der Waals surface area contributed by atoms with E-state index in [0.717, 1.165) is 5.71 Å². The van der Waals surface area contributed by atoms with Crippen LogP contribution in [-0.2, 0) is 9.59 Å². The summed E-state index contributed by atoms with van der Waals surface area (Å²) in [5, 5.41) is 8.97. The number of nitrogens with zero attached hydrogens (tertiary/aromatic N) is 2. The molecule has 3 atom stereocenters. The molecule has 0 radical (unpaired) electrons. The minimum absolute atomic E-state index is 0.140. The molecule has 0 aromatic rings. The molecule has 0 saturated carbocycles. The van der Waals surface area contributed by atoms with Crippen LogP contribution in [0.25, 0.3) is 0 Å². The number of rotatable bonds is 2. The Morgan fingerprint density at radius 3 is 2.81 bits per heavy atom. The number of amides is 2. The summed E-state index contributed by atoms with van der Waals surface area (Å²) < 4.78 is 0. The SMILES string of the molecule is CC(C)C1=CC2C(C=C1)C(C1CCC(=O)NC1=O)=NN2C. The first-order valence-electron chi connectivity index (χ1n) is 7.52. The van der Waals surface area contributed by atoms with E-state index in [9.17, 15) is 9.59 Å². The molecule has 112 valence electrons. The Kier molecular flexibility index (Phi) is 3.43. The standard InChI is InChI=1S/C16H21N3O2/c1-9(2)10-4-5-11-13(8-10)19(3)18-15(11)12-6-7-14(20)17-16(12)21/h4-5,8-9,11-13H,6-7H2,1-3H3,(H,17,20,21). The summed E-state index contributed by atoms with van der Waals surface area (Å²) in [6.45, 7) is 4.35. The van der Waals surface area contributed by atoms with Crippen molar-refractivity contribution in [1.29, 1.82) is 0 Å². The number of fused-ring (bicyclic) bond motifs is 1. The molecular weight excluding hydrogens is 266 g/mol. The van der Waals surface area contributed by atoms with E-state index < -0.39 is 0 Å². The van der Waals surface area contributed by atoms with Crippen molar-refractivity contribution < 1.29 is 9.59 Å². The molecule has 5 nitrogen and oxygen atoms in total. The van der Waals surface area contributed by atoms with E-state index in [4.69, 9.17) is 0 Å². The molecule has 2 aliphatic heterocycles. The molecule has 1 fully saturated rings. The van der Waals surface area contributed by atoms with Gasteiger partial charge >= 0.3 is 0 Å². The molecule has 0 bridgehead atoms. The van der Waals surface area contributed by atoms with Gasteiger partial charge in [-0.3, -0.25) is 19.9 Å². The smallest absolute Gasteiger partial charge is 0.235 e. The first kappa shape index (κ1) is 14.0. The van der Waals surface area contributed by atoms with Gasteiger partial charge in [-0.2, -0.15) is 5.10 Å². The maximum absolute atomic E-state index is 12.1. The highest BCUT2D eigenvalue weighted by molar-refractivity contribution is 6.12. The predicted octanol–water partition coefficient (Wildman–Crippen LogP) is 1.48. The molecule has 3 aliphatic rings. The largest absolute Gasteiger partial charge is 0.296 e. The van der Waals surface area contributed by atoms with E-state index in [1.54, 1.807) is 0 Å². The topological polar surface area (TPSA) is 61.8 Å². The molecule has 2 heterocycles. The molecule has 5 heteroatoms. The Morgan fingerprint density at radius 2 is 2.14 bits per heavy atom. The van der Waals surface area contributed by atoms with Gasteiger partial charge in [-0.1, -0.05) is 32.1 Å². The third kappa shape index (κ3) is 2.41. The van der Waals surface area contributed by atoms with Crippen LogP contribution < -0.4 is 5.32 Å². The van der Waals surface area contributed by atoms with Gasteiger partial charge in [-0.05, 0) is 17.9 Å². The van der Waals surface area contributed by atoms with Crippen LogP contribution in [0.2, 0.25) is 0 Å². The minimum Gasteiger partial charge on any atom is -0.296 e. The van der Waals surface area contributed by atoms with Crippen molar-refractivity contribution in [1.82, 2.24) is 10.3 Å². The predicted molar refractivity (Wildman–Crippen MR) is 80.4 cm³/mol. The molecule has 0 aromatic carbocycles. The number of hydrazone groups is 1. The van der Waals surface area contributed by atoms with Crippen LogP contribution in [0.1, 0.15) is 26.7 Å². The lowest BCUT2D eigenvalue weighted by Crippen LogP contribution is -2.45. The van der Waals surface area contributed by atoms with Crippen molar-refractivity contribution in [3.63, 3.8) is 0 Å².